The Hall–Kier alpha value is -3.83. The summed E-state index contributed by atoms with van der Waals surface area (Å²) in [6.07, 6.45) is 2.44. The van der Waals surface area contributed by atoms with Gasteiger partial charge in [0.25, 0.3) is 0 Å². The molecule has 1 amide bonds. The monoisotopic (exact) mass is 493 g/mol. The number of benzene rings is 2. The van der Waals surface area contributed by atoms with Crippen LogP contribution in [0, 0.1) is 12.8 Å². The lowest BCUT2D eigenvalue weighted by Crippen LogP contribution is -2.41. The molecule has 0 spiro atoms. The average molecular weight is 494 g/mol. The molecule has 2 aromatic carbocycles. The van der Waals surface area contributed by atoms with Crippen molar-refractivity contribution in [2.45, 2.75) is 24.7 Å². The topological polar surface area (TPSA) is 131 Å². The number of hydrogen-bond donors (Lipinski definition) is 1. The first-order valence-electron chi connectivity index (χ1n) is 11.1. The van der Waals surface area contributed by atoms with E-state index in [0.29, 0.717) is 41.6 Å². The first-order valence-corrected chi connectivity index (χ1v) is 12.6. The van der Waals surface area contributed by atoms with E-state index in [9.17, 15) is 13.2 Å². The summed E-state index contributed by atoms with van der Waals surface area (Å²) in [6.45, 7) is 2.19. The Morgan fingerprint density at radius 2 is 1.80 bits per heavy atom. The van der Waals surface area contributed by atoms with Gasteiger partial charge >= 0.3 is 0 Å². The van der Waals surface area contributed by atoms with Gasteiger partial charge in [0.15, 0.2) is 5.76 Å². The molecule has 0 bridgehead atoms. The fourth-order valence-electron chi connectivity index (χ4n) is 4.05. The van der Waals surface area contributed by atoms with Crippen LogP contribution in [0.2, 0.25) is 0 Å². The van der Waals surface area contributed by atoms with Crippen LogP contribution in [0.15, 0.2) is 74.7 Å². The Bertz CT molecular complexity index is 1420. The summed E-state index contributed by atoms with van der Waals surface area (Å²) in [7, 11) is -3.72. The second-order valence-electron chi connectivity index (χ2n) is 8.29. The molecule has 0 saturated carbocycles. The molecule has 0 atom stereocenters. The first-order chi connectivity index (χ1) is 16.9. The lowest BCUT2D eigenvalue weighted by molar-refractivity contribution is -0.120. The minimum Gasteiger partial charge on any atom is -0.356 e. The zero-order chi connectivity index (χ0) is 24.4. The normalized spacial score (nSPS) is 15.2. The molecule has 1 saturated heterocycles. The lowest BCUT2D eigenvalue weighted by atomic mass is 9.97. The van der Waals surface area contributed by atoms with Crippen LogP contribution in [0.1, 0.15) is 18.7 Å². The van der Waals surface area contributed by atoms with E-state index in [2.05, 4.69) is 20.6 Å². The maximum absolute atomic E-state index is 13.2. The van der Waals surface area contributed by atoms with Gasteiger partial charge in [-0.3, -0.25) is 4.79 Å². The molecule has 5 rings (SSSR count). The molecule has 11 heteroatoms. The van der Waals surface area contributed by atoms with Crippen molar-refractivity contribution in [2.24, 2.45) is 5.92 Å². The number of carbonyl (C=O) groups excluding carboxylic acids is 1. The van der Waals surface area contributed by atoms with Crippen LogP contribution < -0.4 is 5.32 Å². The summed E-state index contributed by atoms with van der Waals surface area (Å²) < 4.78 is 38.0. The average Bonchev–Trinajstić information content (AvgIpc) is 3.57. The standard InChI is InChI=1S/C24H23N5O5S/c1-16-26-23(28-33-16)19-3-2-4-21(15-19)35(31,32)29-13-10-18(11-14-29)24(30)27-20-7-5-17(6-8-20)22-9-12-25-34-22/h2-9,12,15,18H,10-11,13-14H2,1H3,(H,27,30). The van der Waals surface area contributed by atoms with Crippen LogP contribution in [-0.4, -0.2) is 47.0 Å². The summed E-state index contributed by atoms with van der Waals surface area (Å²) in [4.78, 5) is 17.1. The van der Waals surface area contributed by atoms with Crippen LogP contribution in [0.5, 0.6) is 0 Å². The molecule has 1 N–H and O–H groups in total. The fraction of sp³-hybridized carbons (Fsp3) is 0.250. The van der Waals surface area contributed by atoms with Crippen molar-refractivity contribution in [3.05, 3.63) is 66.7 Å². The molecule has 35 heavy (non-hydrogen) atoms. The summed E-state index contributed by atoms with van der Waals surface area (Å²) in [5, 5.41) is 10.5. The molecular formula is C24H23N5O5S. The van der Waals surface area contributed by atoms with Crippen LogP contribution >= 0.6 is 0 Å². The molecule has 2 aromatic heterocycles. The van der Waals surface area contributed by atoms with Crippen molar-refractivity contribution in [1.82, 2.24) is 19.6 Å². The molecule has 180 valence electrons. The highest BCUT2D eigenvalue weighted by Crippen LogP contribution is 2.28. The number of rotatable bonds is 6. The number of anilines is 1. The summed E-state index contributed by atoms with van der Waals surface area (Å²) in [6, 6.07) is 15.5. The molecular weight excluding hydrogens is 470 g/mol. The number of hydrogen-bond acceptors (Lipinski definition) is 8. The van der Waals surface area contributed by atoms with E-state index in [1.54, 1.807) is 55.6 Å². The van der Waals surface area contributed by atoms with Crippen LogP contribution in [0.3, 0.4) is 0 Å². The maximum Gasteiger partial charge on any atom is 0.243 e. The van der Waals surface area contributed by atoms with E-state index in [4.69, 9.17) is 9.05 Å². The quantitative estimate of drug-likeness (QED) is 0.430. The Labute approximate surface area is 202 Å². The van der Waals surface area contributed by atoms with Gasteiger partial charge in [-0.05, 0) is 49.2 Å². The van der Waals surface area contributed by atoms with E-state index in [-0.39, 0.29) is 29.8 Å². The van der Waals surface area contributed by atoms with E-state index < -0.39 is 10.0 Å². The molecule has 1 aliphatic rings. The smallest absolute Gasteiger partial charge is 0.243 e. The summed E-state index contributed by atoms with van der Waals surface area (Å²) in [5.74, 6) is 0.991. The SMILES string of the molecule is Cc1nc(-c2cccc(S(=O)(=O)N3CCC(C(=O)Nc4ccc(-c5ccno5)cc4)CC3)c2)no1. The van der Waals surface area contributed by atoms with Gasteiger partial charge in [0.1, 0.15) is 0 Å². The number of aromatic nitrogens is 3. The summed E-state index contributed by atoms with van der Waals surface area (Å²) >= 11 is 0. The van der Waals surface area contributed by atoms with Gasteiger partial charge in [-0.1, -0.05) is 22.4 Å². The van der Waals surface area contributed by atoms with Crippen molar-refractivity contribution in [3.63, 3.8) is 0 Å². The van der Waals surface area contributed by atoms with Crippen molar-refractivity contribution < 1.29 is 22.3 Å². The molecule has 0 radical (unpaired) electrons. The Kier molecular flexibility index (Phi) is 6.18. The van der Waals surface area contributed by atoms with Crippen LogP contribution in [0.4, 0.5) is 5.69 Å². The van der Waals surface area contributed by atoms with Gasteiger partial charge in [-0.25, -0.2) is 8.42 Å². The number of sulfonamides is 1. The molecule has 10 nitrogen and oxygen atoms in total. The largest absolute Gasteiger partial charge is 0.356 e. The number of nitrogens with one attached hydrogen (secondary N) is 1. The number of carbonyl (C=O) groups is 1. The third-order valence-corrected chi connectivity index (χ3v) is 7.85. The van der Waals surface area contributed by atoms with Crippen LogP contribution in [-0.2, 0) is 14.8 Å². The molecule has 0 aliphatic carbocycles. The van der Waals surface area contributed by atoms with E-state index in [1.165, 1.54) is 4.31 Å². The Balaban J connectivity index is 1.21. The van der Waals surface area contributed by atoms with E-state index in [0.717, 1.165) is 5.56 Å². The van der Waals surface area contributed by atoms with Crippen molar-refractivity contribution in [3.8, 4) is 22.7 Å². The molecule has 0 unspecified atom stereocenters. The van der Waals surface area contributed by atoms with Gasteiger partial charge in [0.05, 0.1) is 11.1 Å². The summed E-state index contributed by atoms with van der Waals surface area (Å²) in [5.41, 5.74) is 2.09. The lowest BCUT2D eigenvalue weighted by Gasteiger charge is -2.30. The predicted molar refractivity (Wildman–Crippen MR) is 127 cm³/mol. The van der Waals surface area contributed by atoms with Gasteiger partial charge in [-0.2, -0.15) is 9.29 Å². The van der Waals surface area contributed by atoms with Gasteiger partial charge in [0, 0.05) is 48.8 Å². The maximum atomic E-state index is 13.2. The first kappa shape index (κ1) is 22.9. The second kappa shape index (κ2) is 9.43. The van der Waals surface area contributed by atoms with E-state index in [1.807, 2.05) is 12.1 Å². The van der Waals surface area contributed by atoms with Gasteiger partial charge in [-0.15, -0.1) is 0 Å². The van der Waals surface area contributed by atoms with E-state index >= 15 is 0 Å². The van der Waals surface area contributed by atoms with Crippen molar-refractivity contribution >= 4 is 21.6 Å². The minimum atomic E-state index is -3.72. The third-order valence-electron chi connectivity index (χ3n) is 5.96. The molecule has 1 aliphatic heterocycles. The molecule has 1 fully saturated rings. The minimum absolute atomic E-state index is 0.121. The highest BCUT2D eigenvalue weighted by Gasteiger charge is 2.32. The van der Waals surface area contributed by atoms with Crippen molar-refractivity contribution in [2.75, 3.05) is 18.4 Å². The fourth-order valence-corrected chi connectivity index (χ4v) is 5.56. The van der Waals surface area contributed by atoms with Crippen molar-refractivity contribution in [1.29, 1.82) is 0 Å². The second-order valence-corrected chi connectivity index (χ2v) is 10.2. The highest BCUT2D eigenvalue weighted by atomic mass is 32.2. The van der Waals surface area contributed by atoms with Gasteiger partial charge in [0.2, 0.25) is 27.6 Å². The highest BCUT2D eigenvalue weighted by molar-refractivity contribution is 7.89. The molecule has 4 aromatic rings. The number of aryl methyl sites for hydroxylation is 1. The zero-order valence-corrected chi connectivity index (χ0v) is 19.7. The number of piperidine rings is 1. The van der Waals surface area contributed by atoms with Crippen LogP contribution in [0.25, 0.3) is 22.7 Å². The van der Waals surface area contributed by atoms with Gasteiger partial charge < -0.3 is 14.4 Å². The Morgan fingerprint density at radius 1 is 1.03 bits per heavy atom. The predicted octanol–water partition coefficient (Wildman–Crippen LogP) is 3.74. The number of amides is 1. The number of nitrogens with zero attached hydrogens (tertiary/aromatic N) is 4. The molecule has 3 heterocycles. The zero-order valence-electron chi connectivity index (χ0n) is 18.9. The Morgan fingerprint density at radius 3 is 2.46 bits per heavy atom. The third kappa shape index (κ3) is 4.86.